The zero-order chi connectivity index (χ0) is 19.3. The van der Waals surface area contributed by atoms with Crippen LogP contribution in [0, 0.1) is 0 Å². The van der Waals surface area contributed by atoms with E-state index in [1.54, 1.807) is 18.2 Å². The van der Waals surface area contributed by atoms with E-state index in [0.29, 0.717) is 44.3 Å². The predicted molar refractivity (Wildman–Crippen MR) is 105 cm³/mol. The van der Waals surface area contributed by atoms with Crippen LogP contribution >= 0.6 is 0 Å². The van der Waals surface area contributed by atoms with Crippen LogP contribution in [0.3, 0.4) is 0 Å². The number of benzene rings is 2. The van der Waals surface area contributed by atoms with E-state index in [-0.39, 0.29) is 4.90 Å². The highest BCUT2D eigenvalue weighted by Gasteiger charge is 2.26. The molecule has 0 aliphatic carbocycles. The molecule has 6 nitrogen and oxygen atoms in total. The van der Waals surface area contributed by atoms with Crippen LogP contribution in [0.5, 0.6) is 11.5 Å². The van der Waals surface area contributed by atoms with Crippen LogP contribution in [0.25, 0.3) is 0 Å². The molecule has 0 amide bonds. The highest BCUT2D eigenvalue weighted by atomic mass is 32.2. The van der Waals surface area contributed by atoms with Crippen molar-refractivity contribution in [2.24, 2.45) is 0 Å². The number of hydrogen-bond donors (Lipinski definition) is 0. The quantitative estimate of drug-likeness (QED) is 0.727. The van der Waals surface area contributed by atoms with Crippen molar-refractivity contribution >= 4 is 10.0 Å². The van der Waals surface area contributed by atoms with Crippen molar-refractivity contribution in [1.29, 1.82) is 0 Å². The lowest BCUT2D eigenvalue weighted by molar-refractivity contribution is 0.296. The van der Waals surface area contributed by atoms with Gasteiger partial charge in [0.2, 0.25) is 10.0 Å². The van der Waals surface area contributed by atoms with E-state index < -0.39 is 10.0 Å². The summed E-state index contributed by atoms with van der Waals surface area (Å²) in [4.78, 5) is 2.20. The smallest absolute Gasteiger partial charge is 0.243 e. The predicted octanol–water partition coefficient (Wildman–Crippen LogP) is 2.60. The highest BCUT2D eigenvalue weighted by molar-refractivity contribution is 7.89. The summed E-state index contributed by atoms with van der Waals surface area (Å²) in [6.07, 6.45) is 0.778. The molecule has 7 heteroatoms. The molecule has 0 N–H and O–H groups in total. The second-order valence-electron chi connectivity index (χ2n) is 6.79. The van der Waals surface area contributed by atoms with Crippen molar-refractivity contribution in [3.8, 4) is 11.5 Å². The number of ether oxygens (including phenoxy) is 2. The number of rotatable bonds is 7. The minimum atomic E-state index is -3.67. The molecule has 27 heavy (non-hydrogen) atoms. The Morgan fingerprint density at radius 1 is 0.926 bits per heavy atom. The third-order valence-electron chi connectivity index (χ3n) is 4.36. The fourth-order valence-electron chi connectivity index (χ4n) is 2.84. The van der Waals surface area contributed by atoms with Gasteiger partial charge in [0.25, 0.3) is 0 Å². The molecule has 0 spiro atoms. The molecule has 2 aromatic carbocycles. The molecule has 2 aromatic rings. The van der Waals surface area contributed by atoms with Crippen LogP contribution in [0.1, 0.15) is 12.0 Å². The normalized spacial score (nSPS) is 14.4. The maximum atomic E-state index is 13.3. The topological polar surface area (TPSA) is 59.1 Å². The maximum absolute atomic E-state index is 13.3. The molecule has 0 unspecified atom stereocenters. The second kappa shape index (κ2) is 8.73. The molecule has 3 rings (SSSR count). The van der Waals surface area contributed by atoms with Gasteiger partial charge in [-0.1, -0.05) is 30.3 Å². The SMILES string of the molecule is CN(C)CCN(Cc1ccccc1)S(=O)(=O)c1ccc2c(c1)OCCCO2. The van der Waals surface area contributed by atoms with Gasteiger partial charge in [-0.15, -0.1) is 0 Å². The van der Waals surface area contributed by atoms with Crippen molar-refractivity contribution in [2.75, 3.05) is 40.4 Å². The Morgan fingerprint density at radius 3 is 2.33 bits per heavy atom. The van der Waals surface area contributed by atoms with Crippen LogP contribution in [0.2, 0.25) is 0 Å². The minimum Gasteiger partial charge on any atom is -0.490 e. The number of fused-ring (bicyclic) bond motifs is 1. The summed E-state index contributed by atoms with van der Waals surface area (Å²) >= 11 is 0. The molecule has 0 radical (unpaired) electrons. The molecule has 1 aliphatic rings. The first-order chi connectivity index (χ1) is 13.0. The number of likely N-dealkylation sites (N-methyl/N-ethyl adjacent to an activating group) is 1. The van der Waals surface area contributed by atoms with Gasteiger partial charge in [-0.25, -0.2) is 8.42 Å². The van der Waals surface area contributed by atoms with Gasteiger partial charge < -0.3 is 14.4 Å². The average Bonchev–Trinajstić information content (AvgIpc) is 2.90. The summed E-state index contributed by atoms with van der Waals surface area (Å²) in [6, 6.07) is 14.5. The summed E-state index contributed by atoms with van der Waals surface area (Å²) in [7, 11) is 0.194. The van der Waals surface area contributed by atoms with Crippen molar-refractivity contribution in [2.45, 2.75) is 17.9 Å². The van der Waals surface area contributed by atoms with E-state index >= 15 is 0 Å². The summed E-state index contributed by atoms with van der Waals surface area (Å²) in [6.45, 7) is 2.45. The highest BCUT2D eigenvalue weighted by Crippen LogP contribution is 2.33. The lowest BCUT2D eigenvalue weighted by atomic mass is 10.2. The van der Waals surface area contributed by atoms with Crippen LogP contribution in [-0.2, 0) is 16.6 Å². The third kappa shape index (κ3) is 5.00. The molecular formula is C20H26N2O4S. The van der Waals surface area contributed by atoms with E-state index in [0.717, 1.165) is 12.0 Å². The zero-order valence-electron chi connectivity index (χ0n) is 15.8. The van der Waals surface area contributed by atoms with Gasteiger partial charge in [0.1, 0.15) is 0 Å². The Bertz CT molecular complexity index is 854. The van der Waals surface area contributed by atoms with Crippen LogP contribution < -0.4 is 9.47 Å². The molecule has 1 heterocycles. The van der Waals surface area contributed by atoms with E-state index in [1.807, 2.05) is 49.3 Å². The summed E-state index contributed by atoms with van der Waals surface area (Å²) < 4.78 is 39.5. The van der Waals surface area contributed by atoms with Gasteiger partial charge in [-0.3, -0.25) is 0 Å². The van der Waals surface area contributed by atoms with Crippen LogP contribution in [-0.4, -0.2) is 58.0 Å². The van der Waals surface area contributed by atoms with Crippen molar-refractivity contribution < 1.29 is 17.9 Å². The van der Waals surface area contributed by atoms with Crippen LogP contribution in [0.4, 0.5) is 0 Å². The Kier molecular flexibility index (Phi) is 6.36. The number of sulfonamides is 1. The first-order valence-corrected chi connectivity index (χ1v) is 10.5. The number of hydrogen-bond acceptors (Lipinski definition) is 5. The van der Waals surface area contributed by atoms with Gasteiger partial charge in [0, 0.05) is 32.1 Å². The molecule has 0 saturated heterocycles. The van der Waals surface area contributed by atoms with Crippen LogP contribution in [0.15, 0.2) is 53.4 Å². The first-order valence-electron chi connectivity index (χ1n) is 9.05. The minimum absolute atomic E-state index is 0.224. The Balaban J connectivity index is 1.90. The summed E-state index contributed by atoms with van der Waals surface area (Å²) in [5.41, 5.74) is 0.953. The maximum Gasteiger partial charge on any atom is 0.243 e. The van der Waals surface area contributed by atoms with Crippen molar-refractivity contribution in [3.63, 3.8) is 0 Å². The Labute approximate surface area is 161 Å². The molecule has 0 atom stereocenters. The van der Waals surface area contributed by atoms with Gasteiger partial charge >= 0.3 is 0 Å². The standard InChI is InChI=1S/C20H26N2O4S/c1-21(2)11-12-22(16-17-7-4-3-5-8-17)27(23,24)18-9-10-19-20(15-18)26-14-6-13-25-19/h3-5,7-10,15H,6,11-14,16H2,1-2H3. The average molecular weight is 391 g/mol. The van der Waals surface area contributed by atoms with Gasteiger partial charge in [0.15, 0.2) is 11.5 Å². The summed E-state index contributed by atoms with van der Waals surface area (Å²) in [5.74, 6) is 1.08. The fraction of sp³-hybridized carbons (Fsp3) is 0.400. The number of nitrogens with zero attached hydrogens (tertiary/aromatic N) is 2. The molecular weight excluding hydrogens is 364 g/mol. The largest absolute Gasteiger partial charge is 0.490 e. The van der Waals surface area contributed by atoms with E-state index in [1.165, 1.54) is 4.31 Å². The van der Waals surface area contributed by atoms with Gasteiger partial charge in [-0.05, 0) is 31.8 Å². The van der Waals surface area contributed by atoms with E-state index in [9.17, 15) is 8.42 Å². The molecule has 1 aliphatic heterocycles. The molecule has 0 bridgehead atoms. The van der Waals surface area contributed by atoms with E-state index in [4.69, 9.17) is 9.47 Å². The monoisotopic (exact) mass is 390 g/mol. The lowest BCUT2D eigenvalue weighted by Gasteiger charge is -2.24. The fourth-order valence-corrected chi connectivity index (χ4v) is 4.27. The van der Waals surface area contributed by atoms with Gasteiger partial charge in [-0.2, -0.15) is 4.31 Å². The summed E-state index contributed by atoms with van der Waals surface area (Å²) in [5, 5.41) is 0. The molecule has 146 valence electrons. The van der Waals surface area contributed by atoms with Crippen molar-refractivity contribution in [3.05, 3.63) is 54.1 Å². The molecule has 0 aromatic heterocycles. The van der Waals surface area contributed by atoms with E-state index in [2.05, 4.69) is 0 Å². The van der Waals surface area contributed by atoms with Gasteiger partial charge in [0.05, 0.1) is 18.1 Å². The third-order valence-corrected chi connectivity index (χ3v) is 6.20. The molecule has 0 fully saturated rings. The first kappa shape index (κ1) is 19.7. The van der Waals surface area contributed by atoms with Crippen molar-refractivity contribution in [1.82, 2.24) is 9.21 Å². The second-order valence-corrected chi connectivity index (χ2v) is 8.72. The lowest BCUT2D eigenvalue weighted by Crippen LogP contribution is -2.36. The Hall–Kier alpha value is -2.09. The molecule has 0 saturated carbocycles. The Morgan fingerprint density at radius 2 is 1.63 bits per heavy atom. The zero-order valence-corrected chi connectivity index (χ0v) is 16.6.